The summed E-state index contributed by atoms with van der Waals surface area (Å²) in [5.41, 5.74) is 5.45. The first kappa shape index (κ1) is 10.2. The lowest BCUT2D eigenvalue weighted by atomic mass is 10.3. The van der Waals surface area contributed by atoms with Crippen molar-refractivity contribution in [3.8, 4) is 0 Å². The van der Waals surface area contributed by atoms with Crippen molar-refractivity contribution in [2.24, 2.45) is 5.73 Å². The van der Waals surface area contributed by atoms with Gasteiger partial charge in [-0.2, -0.15) is 0 Å². The van der Waals surface area contributed by atoms with Crippen molar-refractivity contribution >= 4 is 0 Å². The minimum absolute atomic E-state index is 0.720. The Morgan fingerprint density at radius 1 is 1.38 bits per heavy atom. The van der Waals surface area contributed by atoms with E-state index in [0.717, 1.165) is 44.0 Å². The number of hydrogen-bond acceptors (Lipinski definition) is 3. The quantitative estimate of drug-likeness (QED) is 0.735. The van der Waals surface area contributed by atoms with Crippen LogP contribution in [0.1, 0.15) is 31.4 Å². The molecule has 13 heavy (non-hydrogen) atoms. The molecule has 0 aliphatic carbocycles. The normalized spacial score (nSPS) is 10.7. The zero-order chi connectivity index (χ0) is 9.68. The number of hydrogen-bond donors (Lipinski definition) is 1. The maximum atomic E-state index is 5.45. The van der Waals surface area contributed by atoms with E-state index < -0.39 is 0 Å². The van der Waals surface area contributed by atoms with Crippen LogP contribution in [0.4, 0.5) is 0 Å². The van der Waals surface area contributed by atoms with Crippen LogP contribution in [0.3, 0.4) is 0 Å². The van der Waals surface area contributed by atoms with Gasteiger partial charge < -0.3 is 10.3 Å². The molecular weight excluding hydrogens is 164 g/mol. The summed E-state index contributed by atoms with van der Waals surface area (Å²) in [6.07, 6.45) is 3.05. The fourth-order valence-electron chi connectivity index (χ4n) is 1.38. The minimum atomic E-state index is 0.720. The number of aromatic nitrogens is 3. The lowest BCUT2D eigenvalue weighted by Gasteiger charge is -2.05. The summed E-state index contributed by atoms with van der Waals surface area (Å²) in [5.74, 6) is 2.08. The van der Waals surface area contributed by atoms with Crippen molar-refractivity contribution in [2.75, 3.05) is 6.54 Å². The van der Waals surface area contributed by atoms with Crippen molar-refractivity contribution in [2.45, 2.75) is 39.7 Å². The van der Waals surface area contributed by atoms with Gasteiger partial charge in [-0.25, -0.2) is 0 Å². The molecule has 0 radical (unpaired) electrons. The van der Waals surface area contributed by atoms with Gasteiger partial charge in [-0.1, -0.05) is 6.92 Å². The Labute approximate surface area is 79.2 Å². The molecule has 2 N–H and O–H groups in total. The molecule has 0 bridgehead atoms. The molecule has 0 aliphatic heterocycles. The summed E-state index contributed by atoms with van der Waals surface area (Å²) in [4.78, 5) is 0. The van der Waals surface area contributed by atoms with Gasteiger partial charge in [0.05, 0.1) is 0 Å². The van der Waals surface area contributed by atoms with Crippen LogP contribution in [-0.4, -0.2) is 21.3 Å². The first-order valence-electron chi connectivity index (χ1n) is 4.88. The minimum Gasteiger partial charge on any atom is -0.330 e. The Morgan fingerprint density at radius 3 is 2.77 bits per heavy atom. The molecule has 0 saturated heterocycles. The fraction of sp³-hybridized carbons (Fsp3) is 0.778. The molecule has 0 fully saturated rings. The third-order valence-electron chi connectivity index (χ3n) is 2.06. The smallest absolute Gasteiger partial charge is 0.133 e. The monoisotopic (exact) mass is 182 g/mol. The van der Waals surface area contributed by atoms with Crippen molar-refractivity contribution < 1.29 is 0 Å². The van der Waals surface area contributed by atoms with Crippen molar-refractivity contribution in [3.05, 3.63) is 11.6 Å². The van der Waals surface area contributed by atoms with Gasteiger partial charge in [-0.05, 0) is 26.3 Å². The van der Waals surface area contributed by atoms with E-state index >= 15 is 0 Å². The predicted molar refractivity (Wildman–Crippen MR) is 52.4 cm³/mol. The van der Waals surface area contributed by atoms with Gasteiger partial charge in [0.15, 0.2) is 0 Å². The lowest BCUT2D eigenvalue weighted by Crippen LogP contribution is -2.08. The van der Waals surface area contributed by atoms with Gasteiger partial charge in [0.25, 0.3) is 0 Å². The molecule has 0 amide bonds. The average molecular weight is 182 g/mol. The third kappa shape index (κ3) is 2.52. The number of nitrogens with zero attached hydrogens (tertiary/aromatic N) is 3. The second kappa shape index (κ2) is 4.97. The molecule has 0 aromatic carbocycles. The molecule has 4 nitrogen and oxygen atoms in total. The van der Waals surface area contributed by atoms with Gasteiger partial charge in [0.1, 0.15) is 11.6 Å². The molecule has 0 saturated carbocycles. The Morgan fingerprint density at radius 2 is 2.15 bits per heavy atom. The summed E-state index contributed by atoms with van der Waals surface area (Å²) in [5, 5.41) is 8.19. The number of rotatable bonds is 5. The van der Waals surface area contributed by atoms with E-state index in [-0.39, 0.29) is 0 Å². The van der Waals surface area contributed by atoms with Crippen molar-refractivity contribution in [1.29, 1.82) is 0 Å². The summed E-state index contributed by atoms with van der Waals surface area (Å²) >= 11 is 0. The molecule has 0 atom stereocenters. The SMILES string of the molecule is CCCn1c(C)nnc1CCCN. The molecule has 1 aromatic heterocycles. The van der Waals surface area contributed by atoms with Gasteiger partial charge in [-0.15, -0.1) is 10.2 Å². The van der Waals surface area contributed by atoms with Crippen LogP contribution in [0.5, 0.6) is 0 Å². The molecule has 0 unspecified atom stereocenters. The second-order valence-corrected chi connectivity index (χ2v) is 3.21. The summed E-state index contributed by atoms with van der Waals surface area (Å²) in [7, 11) is 0. The Kier molecular flexibility index (Phi) is 3.89. The van der Waals surface area contributed by atoms with E-state index in [9.17, 15) is 0 Å². The summed E-state index contributed by atoms with van der Waals surface area (Å²) in [6.45, 7) is 5.89. The third-order valence-corrected chi connectivity index (χ3v) is 2.06. The Bertz CT molecular complexity index is 254. The molecule has 1 aromatic rings. The van der Waals surface area contributed by atoms with Gasteiger partial charge >= 0.3 is 0 Å². The molecule has 74 valence electrons. The first-order chi connectivity index (χ1) is 6.29. The molecule has 0 spiro atoms. The highest BCUT2D eigenvalue weighted by atomic mass is 15.3. The lowest BCUT2D eigenvalue weighted by molar-refractivity contribution is 0.611. The maximum absolute atomic E-state index is 5.45. The topological polar surface area (TPSA) is 56.7 Å². The van der Waals surface area contributed by atoms with Gasteiger partial charge in [-0.3, -0.25) is 0 Å². The highest BCUT2D eigenvalue weighted by molar-refractivity contribution is 4.94. The standard InChI is InChI=1S/C9H18N4/c1-3-7-13-8(2)11-12-9(13)5-4-6-10/h3-7,10H2,1-2H3. The molecular formula is C9H18N4. The first-order valence-corrected chi connectivity index (χ1v) is 4.88. The van der Waals surface area contributed by atoms with E-state index in [1.165, 1.54) is 0 Å². The molecule has 0 aliphatic rings. The van der Waals surface area contributed by atoms with E-state index in [4.69, 9.17) is 5.73 Å². The van der Waals surface area contributed by atoms with E-state index in [1.807, 2.05) is 6.92 Å². The number of nitrogens with two attached hydrogens (primary N) is 1. The van der Waals surface area contributed by atoms with E-state index in [1.54, 1.807) is 0 Å². The highest BCUT2D eigenvalue weighted by Crippen LogP contribution is 2.04. The summed E-state index contributed by atoms with van der Waals surface area (Å²) in [6, 6.07) is 0. The molecule has 1 heterocycles. The molecule has 4 heteroatoms. The fourth-order valence-corrected chi connectivity index (χ4v) is 1.38. The van der Waals surface area contributed by atoms with Gasteiger partial charge in [0, 0.05) is 13.0 Å². The Balaban J connectivity index is 2.68. The van der Waals surface area contributed by atoms with Crippen molar-refractivity contribution in [3.63, 3.8) is 0 Å². The Hall–Kier alpha value is -0.900. The average Bonchev–Trinajstić information content (AvgIpc) is 2.46. The summed E-state index contributed by atoms with van der Waals surface area (Å²) < 4.78 is 2.18. The van der Waals surface area contributed by atoms with E-state index in [2.05, 4.69) is 21.7 Å². The highest BCUT2D eigenvalue weighted by Gasteiger charge is 2.06. The van der Waals surface area contributed by atoms with Crippen LogP contribution in [0.2, 0.25) is 0 Å². The van der Waals surface area contributed by atoms with Gasteiger partial charge in [0.2, 0.25) is 0 Å². The number of aryl methyl sites for hydroxylation is 2. The zero-order valence-electron chi connectivity index (χ0n) is 8.45. The zero-order valence-corrected chi connectivity index (χ0v) is 8.45. The maximum Gasteiger partial charge on any atom is 0.133 e. The second-order valence-electron chi connectivity index (χ2n) is 3.21. The van der Waals surface area contributed by atoms with Crippen LogP contribution < -0.4 is 5.73 Å². The van der Waals surface area contributed by atoms with Crippen LogP contribution >= 0.6 is 0 Å². The van der Waals surface area contributed by atoms with Crippen LogP contribution in [0, 0.1) is 6.92 Å². The van der Waals surface area contributed by atoms with Crippen LogP contribution in [0.25, 0.3) is 0 Å². The molecule has 1 rings (SSSR count). The van der Waals surface area contributed by atoms with Crippen LogP contribution in [0.15, 0.2) is 0 Å². The predicted octanol–water partition coefficient (Wildman–Crippen LogP) is 0.888. The largest absolute Gasteiger partial charge is 0.330 e. The van der Waals surface area contributed by atoms with Crippen molar-refractivity contribution in [1.82, 2.24) is 14.8 Å². The van der Waals surface area contributed by atoms with E-state index in [0.29, 0.717) is 0 Å². The van der Waals surface area contributed by atoms with Crippen LogP contribution in [-0.2, 0) is 13.0 Å².